The molecule has 0 spiro atoms. The number of methoxy groups -OCH3 is 1. The molecule has 126 valence electrons. The molecule has 24 heavy (non-hydrogen) atoms. The third kappa shape index (κ3) is 3.80. The molecule has 0 N–H and O–H groups in total. The Hall–Kier alpha value is -2.67. The summed E-state index contributed by atoms with van der Waals surface area (Å²) in [6.45, 7) is 0.110. The molecule has 0 aromatic heterocycles. The number of nitrogens with zero attached hydrogens (tertiary/aromatic N) is 2. The normalized spacial score (nSPS) is 10.3. The molecule has 0 fully saturated rings. The predicted octanol–water partition coefficient (Wildman–Crippen LogP) is 3.67. The van der Waals surface area contributed by atoms with E-state index in [1.54, 1.807) is 6.07 Å². The molecule has 0 saturated heterocycles. The van der Waals surface area contributed by atoms with E-state index in [1.807, 2.05) is 0 Å². The van der Waals surface area contributed by atoms with E-state index in [1.165, 1.54) is 43.3 Å². The van der Waals surface area contributed by atoms with Crippen molar-refractivity contribution >= 4 is 23.2 Å². The number of rotatable bonds is 5. The van der Waals surface area contributed by atoms with Crippen LogP contribution in [0.15, 0.2) is 36.4 Å². The quantitative estimate of drug-likeness (QED) is 0.608. The molecule has 0 unspecified atom stereocenters. The van der Waals surface area contributed by atoms with Crippen LogP contribution in [0.3, 0.4) is 0 Å². The number of non-ortho nitro benzene ring substituents is 1. The van der Waals surface area contributed by atoms with Gasteiger partial charge in [0, 0.05) is 25.7 Å². The van der Waals surface area contributed by atoms with E-state index < -0.39 is 16.6 Å². The zero-order valence-electron chi connectivity index (χ0n) is 13.0. The highest BCUT2D eigenvalue weighted by molar-refractivity contribution is 6.33. The second-order valence-electron chi connectivity index (χ2n) is 5.05. The molecule has 8 heteroatoms. The van der Waals surface area contributed by atoms with Gasteiger partial charge in [-0.1, -0.05) is 17.7 Å². The van der Waals surface area contributed by atoms with Crippen LogP contribution in [0.2, 0.25) is 5.02 Å². The van der Waals surface area contributed by atoms with Crippen molar-refractivity contribution in [1.29, 1.82) is 0 Å². The van der Waals surface area contributed by atoms with Crippen LogP contribution in [0.25, 0.3) is 0 Å². The Morgan fingerprint density at radius 2 is 2.04 bits per heavy atom. The molecule has 0 aliphatic carbocycles. The first-order valence-electron chi connectivity index (χ1n) is 6.85. The van der Waals surface area contributed by atoms with Gasteiger partial charge in [0.15, 0.2) is 11.6 Å². The number of carbonyl (C=O) groups excluding carboxylic acids is 1. The summed E-state index contributed by atoms with van der Waals surface area (Å²) in [5, 5.41) is 10.9. The number of nitro groups is 1. The fourth-order valence-electron chi connectivity index (χ4n) is 2.15. The molecule has 0 aliphatic rings. The van der Waals surface area contributed by atoms with Gasteiger partial charge in [-0.05, 0) is 23.8 Å². The SMILES string of the molecule is COc1ccc(CN(C)C(=O)c2cc([N+](=O)[O-])ccc2Cl)cc1F. The average Bonchev–Trinajstić information content (AvgIpc) is 2.54. The Morgan fingerprint density at radius 1 is 1.33 bits per heavy atom. The lowest BCUT2D eigenvalue weighted by atomic mass is 10.1. The van der Waals surface area contributed by atoms with Crippen molar-refractivity contribution in [1.82, 2.24) is 4.90 Å². The Kier molecular flexibility index (Phi) is 5.35. The van der Waals surface area contributed by atoms with E-state index in [0.717, 1.165) is 6.07 Å². The van der Waals surface area contributed by atoms with Gasteiger partial charge in [0.05, 0.1) is 22.6 Å². The highest BCUT2D eigenvalue weighted by Gasteiger charge is 2.19. The van der Waals surface area contributed by atoms with Gasteiger partial charge in [-0.3, -0.25) is 14.9 Å². The summed E-state index contributed by atoms with van der Waals surface area (Å²) < 4.78 is 18.5. The first-order chi connectivity index (χ1) is 11.3. The van der Waals surface area contributed by atoms with Gasteiger partial charge in [-0.25, -0.2) is 4.39 Å². The summed E-state index contributed by atoms with van der Waals surface area (Å²) in [6.07, 6.45) is 0. The van der Waals surface area contributed by atoms with Crippen LogP contribution in [0.1, 0.15) is 15.9 Å². The lowest BCUT2D eigenvalue weighted by Gasteiger charge is -2.18. The topological polar surface area (TPSA) is 72.7 Å². The van der Waals surface area contributed by atoms with E-state index >= 15 is 0 Å². The van der Waals surface area contributed by atoms with Crippen LogP contribution in [0, 0.1) is 15.9 Å². The highest BCUT2D eigenvalue weighted by Crippen LogP contribution is 2.24. The van der Waals surface area contributed by atoms with E-state index in [9.17, 15) is 19.3 Å². The molecule has 0 atom stereocenters. The lowest BCUT2D eigenvalue weighted by molar-refractivity contribution is -0.384. The van der Waals surface area contributed by atoms with Gasteiger partial charge in [-0.15, -0.1) is 0 Å². The summed E-state index contributed by atoms with van der Waals surface area (Å²) in [5.41, 5.74) is 0.333. The predicted molar refractivity (Wildman–Crippen MR) is 86.9 cm³/mol. The maximum Gasteiger partial charge on any atom is 0.270 e. The van der Waals surface area contributed by atoms with Gasteiger partial charge in [0.2, 0.25) is 0 Å². The maximum atomic E-state index is 13.7. The molecule has 1 amide bonds. The van der Waals surface area contributed by atoms with Crippen LogP contribution in [-0.2, 0) is 6.54 Å². The van der Waals surface area contributed by atoms with Crippen LogP contribution < -0.4 is 4.74 Å². The molecule has 2 aromatic carbocycles. The third-order valence-corrected chi connectivity index (χ3v) is 3.70. The van der Waals surface area contributed by atoms with Crippen molar-refractivity contribution in [3.05, 3.63) is 68.5 Å². The van der Waals surface area contributed by atoms with Gasteiger partial charge < -0.3 is 9.64 Å². The number of hydrogen-bond acceptors (Lipinski definition) is 4. The smallest absolute Gasteiger partial charge is 0.270 e. The van der Waals surface area contributed by atoms with Crippen molar-refractivity contribution in [2.45, 2.75) is 6.54 Å². The van der Waals surface area contributed by atoms with Crippen molar-refractivity contribution in [2.75, 3.05) is 14.2 Å². The summed E-state index contributed by atoms with van der Waals surface area (Å²) >= 11 is 5.96. The number of ether oxygens (including phenoxy) is 1. The summed E-state index contributed by atoms with van der Waals surface area (Å²) in [5.74, 6) is -0.932. The van der Waals surface area contributed by atoms with Gasteiger partial charge in [-0.2, -0.15) is 0 Å². The fraction of sp³-hybridized carbons (Fsp3) is 0.188. The van der Waals surface area contributed by atoms with Crippen molar-refractivity contribution in [3.8, 4) is 5.75 Å². The largest absolute Gasteiger partial charge is 0.494 e. The van der Waals surface area contributed by atoms with Crippen LogP contribution >= 0.6 is 11.6 Å². The second kappa shape index (κ2) is 7.27. The molecular weight excluding hydrogens is 339 g/mol. The molecule has 0 aliphatic heterocycles. The first kappa shape index (κ1) is 17.7. The van der Waals surface area contributed by atoms with Crippen LogP contribution in [-0.4, -0.2) is 29.9 Å². The number of benzene rings is 2. The third-order valence-electron chi connectivity index (χ3n) is 3.37. The van der Waals surface area contributed by atoms with E-state index in [2.05, 4.69) is 0 Å². The van der Waals surface area contributed by atoms with E-state index in [4.69, 9.17) is 16.3 Å². The minimum Gasteiger partial charge on any atom is -0.494 e. The molecule has 0 bridgehead atoms. The minimum atomic E-state index is -0.605. The van der Waals surface area contributed by atoms with Crippen LogP contribution in [0.5, 0.6) is 5.75 Å². The Morgan fingerprint density at radius 3 is 2.62 bits per heavy atom. The van der Waals surface area contributed by atoms with E-state index in [0.29, 0.717) is 5.56 Å². The van der Waals surface area contributed by atoms with Gasteiger partial charge in [0.25, 0.3) is 11.6 Å². The summed E-state index contributed by atoms with van der Waals surface area (Å²) in [4.78, 5) is 24.0. The summed E-state index contributed by atoms with van der Waals surface area (Å²) in [6, 6.07) is 7.99. The van der Waals surface area contributed by atoms with Gasteiger partial charge >= 0.3 is 0 Å². The monoisotopic (exact) mass is 352 g/mol. The first-order valence-corrected chi connectivity index (χ1v) is 7.23. The van der Waals surface area contributed by atoms with E-state index in [-0.39, 0.29) is 28.6 Å². The van der Waals surface area contributed by atoms with Crippen molar-refractivity contribution < 1.29 is 18.8 Å². The number of amides is 1. The molecule has 0 radical (unpaired) electrons. The van der Waals surface area contributed by atoms with Crippen LogP contribution in [0.4, 0.5) is 10.1 Å². The Bertz CT molecular complexity index is 798. The Balaban J connectivity index is 2.22. The molecule has 2 rings (SSSR count). The number of halogens is 2. The molecule has 6 nitrogen and oxygen atoms in total. The molecular formula is C16H14ClFN2O4. The Labute approximate surface area is 142 Å². The second-order valence-corrected chi connectivity index (χ2v) is 5.46. The lowest BCUT2D eigenvalue weighted by Crippen LogP contribution is -2.26. The number of nitro benzene ring substituents is 1. The number of hydrogen-bond donors (Lipinski definition) is 0. The van der Waals surface area contributed by atoms with Crippen molar-refractivity contribution in [3.63, 3.8) is 0 Å². The number of carbonyl (C=O) groups is 1. The fourth-order valence-corrected chi connectivity index (χ4v) is 2.35. The molecule has 2 aromatic rings. The standard InChI is InChI=1S/C16H14ClFN2O4/c1-19(9-10-3-6-15(24-2)14(18)7-10)16(21)12-8-11(20(22)23)4-5-13(12)17/h3-8H,9H2,1-2H3. The summed E-state index contributed by atoms with van der Waals surface area (Å²) in [7, 11) is 2.86. The zero-order valence-corrected chi connectivity index (χ0v) is 13.7. The average molecular weight is 353 g/mol. The highest BCUT2D eigenvalue weighted by atomic mass is 35.5. The van der Waals surface area contributed by atoms with Crippen molar-refractivity contribution in [2.24, 2.45) is 0 Å². The zero-order chi connectivity index (χ0) is 17.9. The van der Waals surface area contributed by atoms with Gasteiger partial charge in [0.1, 0.15) is 0 Å². The maximum absolute atomic E-state index is 13.7. The molecule has 0 heterocycles. The minimum absolute atomic E-state index is 0.0161. The molecule has 0 saturated carbocycles.